The molecule has 124 valence electrons. The first-order valence-corrected chi connectivity index (χ1v) is 7.87. The van der Waals surface area contributed by atoms with Crippen LogP contribution in [0.4, 0.5) is 0 Å². The smallest absolute Gasteiger partial charge is 0.237 e. The van der Waals surface area contributed by atoms with Gasteiger partial charge in [-0.05, 0) is 42.3 Å². The van der Waals surface area contributed by atoms with E-state index in [-0.39, 0.29) is 5.91 Å². The number of hydrogen-bond acceptors (Lipinski definition) is 4. The molecule has 2 aromatic carbocycles. The van der Waals surface area contributed by atoms with Gasteiger partial charge < -0.3 is 16.4 Å². The Labute approximate surface area is 142 Å². The molecule has 0 radical (unpaired) electrons. The second kappa shape index (κ2) is 8.82. The summed E-state index contributed by atoms with van der Waals surface area (Å²) in [6, 6.07) is 16.7. The molecule has 0 aliphatic heterocycles. The van der Waals surface area contributed by atoms with Crippen LogP contribution in [0, 0.1) is 11.3 Å². The molecule has 0 saturated heterocycles. The fourth-order valence-corrected chi connectivity index (χ4v) is 2.36. The van der Waals surface area contributed by atoms with Crippen molar-refractivity contribution < 1.29 is 4.79 Å². The Bertz CT molecular complexity index is 702. The minimum absolute atomic E-state index is 0.182. The lowest BCUT2D eigenvalue weighted by Gasteiger charge is -2.13. The van der Waals surface area contributed by atoms with Crippen molar-refractivity contribution in [3.63, 3.8) is 0 Å². The Hall–Kier alpha value is -2.68. The van der Waals surface area contributed by atoms with E-state index in [9.17, 15) is 4.79 Å². The maximum absolute atomic E-state index is 12.1. The third-order valence-electron chi connectivity index (χ3n) is 3.75. The Morgan fingerprint density at radius 2 is 1.58 bits per heavy atom. The van der Waals surface area contributed by atoms with E-state index in [1.54, 1.807) is 12.1 Å². The van der Waals surface area contributed by atoms with Crippen molar-refractivity contribution in [1.29, 1.82) is 5.26 Å². The predicted molar refractivity (Wildman–Crippen MR) is 93.9 cm³/mol. The molecule has 1 amide bonds. The number of hydrogen-bond donors (Lipinski definition) is 3. The standard InChI is InChI=1S/C19H22N4O/c1-22-12-16-6-2-14(3-7-16)10-18(21)19(24)23-13-17-8-4-15(11-20)5-9-17/h2-9,18,22H,10,12-13,21H2,1H3,(H,23,24)/t18-/m0/s1. The maximum Gasteiger partial charge on any atom is 0.237 e. The van der Waals surface area contributed by atoms with Gasteiger partial charge in [0.15, 0.2) is 0 Å². The highest BCUT2D eigenvalue weighted by molar-refractivity contribution is 5.81. The molecule has 2 aromatic rings. The number of nitrogens with one attached hydrogen (secondary N) is 2. The molecule has 0 unspecified atom stereocenters. The normalized spacial score (nSPS) is 11.5. The van der Waals surface area contributed by atoms with Gasteiger partial charge in [0.1, 0.15) is 0 Å². The van der Waals surface area contributed by atoms with Crippen LogP contribution in [-0.4, -0.2) is 19.0 Å². The van der Waals surface area contributed by atoms with Crippen LogP contribution < -0.4 is 16.4 Å². The SMILES string of the molecule is CNCc1ccc(C[C@H](N)C(=O)NCc2ccc(C#N)cc2)cc1. The number of nitrogens with two attached hydrogens (primary N) is 1. The number of nitriles is 1. The monoisotopic (exact) mass is 322 g/mol. The minimum atomic E-state index is -0.585. The molecule has 0 aliphatic carbocycles. The van der Waals surface area contributed by atoms with Gasteiger partial charge in [-0.1, -0.05) is 36.4 Å². The summed E-state index contributed by atoms with van der Waals surface area (Å²) in [5.74, 6) is -0.182. The van der Waals surface area contributed by atoms with Crippen molar-refractivity contribution >= 4 is 5.91 Å². The number of rotatable bonds is 7. The van der Waals surface area contributed by atoms with Crippen molar-refractivity contribution in [2.75, 3.05) is 7.05 Å². The second-order valence-corrected chi connectivity index (χ2v) is 5.68. The Balaban J connectivity index is 1.83. The summed E-state index contributed by atoms with van der Waals surface area (Å²) >= 11 is 0. The van der Waals surface area contributed by atoms with E-state index in [2.05, 4.69) is 16.7 Å². The molecule has 5 nitrogen and oxygen atoms in total. The quantitative estimate of drug-likeness (QED) is 0.720. The van der Waals surface area contributed by atoms with E-state index < -0.39 is 6.04 Å². The molecule has 0 saturated carbocycles. The van der Waals surface area contributed by atoms with Crippen LogP contribution in [0.5, 0.6) is 0 Å². The minimum Gasteiger partial charge on any atom is -0.351 e. The second-order valence-electron chi connectivity index (χ2n) is 5.68. The summed E-state index contributed by atoms with van der Waals surface area (Å²) in [7, 11) is 1.90. The predicted octanol–water partition coefficient (Wildman–Crippen LogP) is 1.46. The molecule has 0 spiro atoms. The number of benzene rings is 2. The van der Waals surface area contributed by atoms with Crippen molar-refractivity contribution in [2.24, 2.45) is 5.73 Å². The first kappa shape index (κ1) is 17.7. The third-order valence-corrected chi connectivity index (χ3v) is 3.75. The lowest BCUT2D eigenvalue weighted by molar-refractivity contribution is -0.122. The van der Waals surface area contributed by atoms with Crippen LogP contribution >= 0.6 is 0 Å². The summed E-state index contributed by atoms with van der Waals surface area (Å²) in [5.41, 5.74) is 9.76. The molecule has 0 fully saturated rings. The fourth-order valence-electron chi connectivity index (χ4n) is 2.36. The summed E-state index contributed by atoms with van der Waals surface area (Å²) in [6.07, 6.45) is 0.499. The van der Waals surface area contributed by atoms with Gasteiger partial charge in [-0.2, -0.15) is 5.26 Å². The highest BCUT2D eigenvalue weighted by atomic mass is 16.2. The third kappa shape index (κ3) is 5.20. The van der Waals surface area contributed by atoms with E-state index in [4.69, 9.17) is 11.0 Å². The molecule has 0 aromatic heterocycles. The number of nitrogens with zero attached hydrogens (tertiary/aromatic N) is 1. The van der Waals surface area contributed by atoms with Crippen molar-refractivity contribution in [3.05, 3.63) is 70.8 Å². The van der Waals surface area contributed by atoms with Crippen LogP contribution in [0.15, 0.2) is 48.5 Å². The lowest BCUT2D eigenvalue weighted by Crippen LogP contribution is -2.41. The number of carbonyl (C=O) groups is 1. The first-order valence-electron chi connectivity index (χ1n) is 7.87. The van der Waals surface area contributed by atoms with Crippen molar-refractivity contribution in [1.82, 2.24) is 10.6 Å². The molecular formula is C19H22N4O. The largest absolute Gasteiger partial charge is 0.351 e. The molecule has 5 heteroatoms. The summed E-state index contributed by atoms with van der Waals surface area (Å²) in [6.45, 7) is 1.22. The van der Waals surface area contributed by atoms with Crippen LogP contribution in [0.25, 0.3) is 0 Å². The molecule has 0 aliphatic rings. The average molecular weight is 322 g/mol. The van der Waals surface area contributed by atoms with Gasteiger partial charge in [0, 0.05) is 13.1 Å². The van der Waals surface area contributed by atoms with E-state index >= 15 is 0 Å². The average Bonchev–Trinajstić information content (AvgIpc) is 2.62. The lowest BCUT2D eigenvalue weighted by atomic mass is 10.0. The molecule has 1 atom stereocenters. The molecule has 4 N–H and O–H groups in total. The van der Waals surface area contributed by atoms with E-state index in [1.807, 2.05) is 43.4 Å². The molecular weight excluding hydrogens is 300 g/mol. The Kier molecular flexibility index (Phi) is 6.50. The van der Waals surface area contributed by atoms with Crippen LogP contribution in [-0.2, 0) is 24.3 Å². The molecule has 0 heterocycles. The zero-order chi connectivity index (χ0) is 17.4. The van der Waals surface area contributed by atoms with Gasteiger partial charge in [0.2, 0.25) is 5.91 Å². The summed E-state index contributed by atoms with van der Waals surface area (Å²) < 4.78 is 0. The van der Waals surface area contributed by atoms with E-state index in [0.29, 0.717) is 18.5 Å². The van der Waals surface area contributed by atoms with E-state index in [1.165, 1.54) is 5.56 Å². The molecule has 2 rings (SSSR count). The van der Waals surface area contributed by atoms with E-state index in [0.717, 1.165) is 17.7 Å². The maximum atomic E-state index is 12.1. The highest BCUT2D eigenvalue weighted by Gasteiger charge is 2.13. The Morgan fingerprint density at radius 3 is 2.17 bits per heavy atom. The fraction of sp³-hybridized carbons (Fsp3) is 0.263. The topological polar surface area (TPSA) is 90.9 Å². The highest BCUT2D eigenvalue weighted by Crippen LogP contribution is 2.07. The molecule has 0 bridgehead atoms. The van der Waals surface area contributed by atoms with Gasteiger partial charge in [-0.25, -0.2) is 0 Å². The number of carbonyl (C=O) groups excluding carboxylic acids is 1. The Morgan fingerprint density at radius 1 is 1.04 bits per heavy atom. The van der Waals surface area contributed by atoms with Crippen molar-refractivity contribution in [3.8, 4) is 6.07 Å². The van der Waals surface area contributed by atoms with Crippen LogP contribution in [0.1, 0.15) is 22.3 Å². The first-order chi connectivity index (χ1) is 11.6. The van der Waals surface area contributed by atoms with Gasteiger partial charge in [-0.3, -0.25) is 4.79 Å². The van der Waals surface area contributed by atoms with Gasteiger partial charge in [0.25, 0.3) is 0 Å². The summed E-state index contributed by atoms with van der Waals surface area (Å²) in [5, 5.41) is 14.7. The zero-order valence-corrected chi connectivity index (χ0v) is 13.8. The van der Waals surface area contributed by atoms with Gasteiger partial charge >= 0.3 is 0 Å². The van der Waals surface area contributed by atoms with Crippen molar-refractivity contribution in [2.45, 2.75) is 25.6 Å². The zero-order valence-electron chi connectivity index (χ0n) is 13.8. The summed E-state index contributed by atoms with van der Waals surface area (Å²) in [4.78, 5) is 12.1. The van der Waals surface area contributed by atoms with Gasteiger partial charge in [0.05, 0.1) is 17.7 Å². The molecule has 24 heavy (non-hydrogen) atoms. The van der Waals surface area contributed by atoms with Gasteiger partial charge in [-0.15, -0.1) is 0 Å². The number of amides is 1. The van der Waals surface area contributed by atoms with Crippen LogP contribution in [0.2, 0.25) is 0 Å². The van der Waals surface area contributed by atoms with Crippen LogP contribution in [0.3, 0.4) is 0 Å².